The van der Waals surface area contributed by atoms with E-state index in [0.717, 1.165) is 0 Å². The third kappa shape index (κ3) is 4.03. The van der Waals surface area contributed by atoms with Gasteiger partial charge in [-0.05, 0) is 32.9 Å². The van der Waals surface area contributed by atoms with Gasteiger partial charge < -0.3 is 5.32 Å². The van der Waals surface area contributed by atoms with Crippen LogP contribution in [0.1, 0.15) is 31.1 Å². The second-order valence-electron chi connectivity index (χ2n) is 5.37. The fourth-order valence-electron chi connectivity index (χ4n) is 2.50. The maximum atomic E-state index is 12.6. The average Bonchev–Trinajstić information content (AvgIpc) is 2.37. The lowest BCUT2D eigenvalue weighted by atomic mass is 10.2. The smallest absolute Gasteiger partial charge is 0.243 e. The first-order valence-electron chi connectivity index (χ1n) is 6.68. The van der Waals surface area contributed by atoms with Gasteiger partial charge >= 0.3 is 0 Å². The number of carbonyl (C=O) groups excluding carboxylic acids is 1. The monoisotopic (exact) mass is 332 g/mol. The van der Waals surface area contributed by atoms with Crippen molar-refractivity contribution >= 4 is 28.2 Å². The summed E-state index contributed by atoms with van der Waals surface area (Å²) in [5.74, 6) is -0.135. The van der Waals surface area contributed by atoms with Crippen molar-refractivity contribution in [3.8, 4) is 0 Å². The second-order valence-corrected chi connectivity index (χ2v) is 7.31. The Bertz CT molecular complexity index is 608. The molecule has 0 amide bonds. The maximum absolute atomic E-state index is 12.6. The lowest BCUT2D eigenvalue weighted by Crippen LogP contribution is -2.55. The van der Waals surface area contributed by atoms with Crippen LogP contribution < -0.4 is 5.32 Å². The fourth-order valence-corrected chi connectivity index (χ4v) is 4.16. The number of benzene rings is 1. The Morgan fingerprint density at radius 3 is 2.33 bits per heavy atom. The summed E-state index contributed by atoms with van der Waals surface area (Å²) in [6.45, 7) is 6.24. The molecule has 1 heterocycles. The number of rotatable bonds is 3. The number of sulfonamides is 1. The van der Waals surface area contributed by atoms with Crippen LogP contribution in [0, 0.1) is 0 Å². The van der Waals surface area contributed by atoms with Gasteiger partial charge in [0.15, 0.2) is 5.78 Å². The van der Waals surface area contributed by atoms with E-state index in [4.69, 9.17) is 0 Å². The topological polar surface area (TPSA) is 66.5 Å². The average molecular weight is 333 g/mol. The minimum Gasteiger partial charge on any atom is -0.309 e. The molecular formula is C14H21ClN2O3S. The number of hydrogen-bond donors (Lipinski definition) is 1. The Hall–Kier alpha value is -0.950. The van der Waals surface area contributed by atoms with Crippen molar-refractivity contribution in [3.05, 3.63) is 29.8 Å². The molecule has 7 heteroatoms. The maximum Gasteiger partial charge on any atom is 0.243 e. The number of piperazine rings is 1. The molecule has 1 saturated heterocycles. The third-order valence-corrected chi connectivity index (χ3v) is 5.23. The molecule has 2 atom stereocenters. The largest absolute Gasteiger partial charge is 0.309 e. The van der Waals surface area contributed by atoms with E-state index in [-0.39, 0.29) is 35.2 Å². The molecule has 0 saturated carbocycles. The number of nitrogens with one attached hydrogen (secondary N) is 1. The first-order valence-corrected chi connectivity index (χ1v) is 8.12. The highest BCUT2D eigenvalue weighted by Gasteiger charge is 2.31. The van der Waals surface area contributed by atoms with Crippen LogP contribution in [0.4, 0.5) is 0 Å². The summed E-state index contributed by atoms with van der Waals surface area (Å²) in [7, 11) is -3.54. The van der Waals surface area contributed by atoms with Gasteiger partial charge in [0, 0.05) is 30.7 Å². The second kappa shape index (κ2) is 6.87. The van der Waals surface area contributed by atoms with Gasteiger partial charge in [0.2, 0.25) is 10.0 Å². The summed E-state index contributed by atoms with van der Waals surface area (Å²) < 4.78 is 26.8. The van der Waals surface area contributed by atoms with Crippen molar-refractivity contribution < 1.29 is 13.2 Å². The van der Waals surface area contributed by atoms with Crippen molar-refractivity contribution in [1.29, 1.82) is 0 Å². The molecule has 0 aromatic heterocycles. The standard InChI is InChI=1S/C14H20N2O3S.ClH/c1-10-8-16(9-11(2)15-10)20(18,19)14-6-4-5-13(7-14)12(3)17;/h4-7,10-11,15H,8-9H2,1-3H3;1H. The molecule has 2 rings (SSSR count). The molecule has 1 aromatic carbocycles. The zero-order valence-corrected chi connectivity index (χ0v) is 14.0. The predicted octanol–water partition coefficient (Wildman–Crippen LogP) is 1.68. The Balaban J connectivity index is 0.00000220. The summed E-state index contributed by atoms with van der Waals surface area (Å²) in [4.78, 5) is 11.6. The van der Waals surface area contributed by atoms with E-state index in [1.807, 2.05) is 13.8 Å². The van der Waals surface area contributed by atoms with Gasteiger partial charge in [-0.25, -0.2) is 8.42 Å². The van der Waals surface area contributed by atoms with Gasteiger partial charge in [-0.15, -0.1) is 12.4 Å². The van der Waals surface area contributed by atoms with Crippen molar-refractivity contribution in [2.45, 2.75) is 37.8 Å². The summed E-state index contributed by atoms with van der Waals surface area (Å²) in [5, 5.41) is 3.30. The molecule has 2 unspecified atom stereocenters. The van der Waals surface area contributed by atoms with Crippen molar-refractivity contribution in [1.82, 2.24) is 9.62 Å². The van der Waals surface area contributed by atoms with Crippen molar-refractivity contribution in [2.24, 2.45) is 0 Å². The normalized spacial score (nSPS) is 23.4. The van der Waals surface area contributed by atoms with E-state index in [2.05, 4.69) is 5.32 Å². The molecule has 0 bridgehead atoms. The molecular weight excluding hydrogens is 312 g/mol. The van der Waals surface area contributed by atoms with E-state index < -0.39 is 10.0 Å². The zero-order valence-electron chi connectivity index (χ0n) is 12.4. The third-order valence-electron chi connectivity index (χ3n) is 3.40. The highest BCUT2D eigenvalue weighted by molar-refractivity contribution is 7.89. The van der Waals surface area contributed by atoms with E-state index >= 15 is 0 Å². The van der Waals surface area contributed by atoms with Gasteiger partial charge in [0.1, 0.15) is 0 Å². The number of Topliss-reactive ketones (excluding diaryl/α,β-unsaturated/α-hetero) is 1. The van der Waals surface area contributed by atoms with Gasteiger partial charge in [0.25, 0.3) is 0 Å². The minimum absolute atomic E-state index is 0. The van der Waals surface area contributed by atoms with Crippen LogP contribution in [-0.2, 0) is 10.0 Å². The van der Waals surface area contributed by atoms with Crippen LogP contribution in [0.3, 0.4) is 0 Å². The van der Waals surface area contributed by atoms with Gasteiger partial charge in [-0.1, -0.05) is 12.1 Å². The van der Waals surface area contributed by atoms with Crippen LogP contribution in [0.2, 0.25) is 0 Å². The van der Waals surface area contributed by atoms with E-state index in [1.54, 1.807) is 18.2 Å². The first kappa shape index (κ1) is 18.1. The molecule has 1 N–H and O–H groups in total. The van der Waals surface area contributed by atoms with Crippen LogP contribution in [0.25, 0.3) is 0 Å². The predicted molar refractivity (Wildman–Crippen MR) is 84.5 cm³/mol. The molecule has 1 aliphatic rings. The number of hydrogen-bond acceptors (Lipinski definition) is 4. The quantitative estimate of drug-likeness (QED) is 0.855. The molecule has 118 valence electrons. The molecule has 1 aliphatic heterocycles. The highest BCUT2D eigenvalue weighted by atomic mass is 35.5. The fraction of sp³-hybridized carbons (Fsp3) is 0.500. The molecule has 0 radical (unpaired) electrons. The Morgan fingerprint density at radius 2 is 1.81 bits per heavy atom. The number of nitrogens with zero attached hydrogens (tertiary/aromatic N) is 1. The van der Waals surface area contributed by atoms with Crippen LogP contribution in [0.5, 0.6) is 0 Å². The molecule has 21 heavy (non-hydrogen) atoms. The lowest BCUT2D eigenvalue weighted by Gasteiger charge is -2.35. The highest BCUT2D eigenvalue weighted by Crippen LogP contribution is 2.20. The van der Waals surface area contributed by atoms with Crippen molar-refractivity contribution in [2.75, 3.05) is 13.1 Å². The van der Waals surface area contributed by atoms with Gasteiger partial charge in [-0.2, -0.15) is 4.31 Å². The van der Waals surface area contributed by atoms with E-state index in [1.165, 1.54) is 17.3 Å². The number of carbonyl (C=O) groups is 1. The molecule has 1 aromatic rings. The number of ketones is 1. The molecule has 0 aliphatic carbocycles. The Morgan fingerprint density at radius 1 is 1.24 bits per heavy atom. The minimum atomic E-state index is -3.54. The van der Waals surface area contributed by atoms with E-state index in [9.17, 15) is 13.2 Å². The summed E-state index contributed by atoms with van der Waals surface area (Å²) in [6, 6.07) is 6.46. The SMILES string of the molecule is CC(=O)c1cccc(S(=O)(=O)N2CC(C)NC(C)C2)c1.Cl. The molecule has 1 fully saturated rings. The summed E-state index contributed by atoms with van der Waals surface area (Å²) >= 11 is 0. The van der Waals surface area contributed by atoms with E-state index in [0.29, 0.717) is 18.7 Å². The first-order chi connectivity index (χ1) is 9.30. The summed E-state index contributed by atoms with van der Waals surface area (Å²) in [6.07, 6.45) is 0. The van der Waals surface area contributed by atoms with Crippen LogP contribution in [-0.4, -0.2) is 43.7 Å². The summed E-state index contributed by atoms with van der Waals surface area (Å²) in [5.41, 5.74) is 0.419. The van der Waals surface area contributed by atoms with Crippen LogP contribution in [0.15, 0.2) is 29.2 Å². The Kier molecular flexibility index (Phi) is 5.92. The van der Waals surface area contributed by atoms with Crippen molar-refractivity contribution in [3.63, 3.8) is 0 Å². The zero-order chi connectivity index (χ0) is 14.9. The van der Waals surface area contributed by atoms with Gasteiger partial charge in [0.05, 0.1) is 4.90 Å². The van der Waals surface area contributed by atoms with Crippen LogP contribution >= 0.6 is 12.4 Å². The number of halogens is 1. The molecule has 5 nitrogen and oxygen atoms in total. The lowest BCUT2D eigenvalue weighted by molar-refractivity contribution is 0.101. The Labute approximate surface area is 132 Å². The molecule has 0 spiro atoms. The van der Waals surface area contributed by atoms with Gasteiger partial charge in [-0.3, -0.25) is 4.79 Å².